The van der Waals surface area contributed by atoms with Gasteiger partial charge in [0.15, 0.2) is 0 Å². The topological polar surface area (TPSA) is 41.0 Å². The maximum atomic E-state index is 4.42. The summed E-state index contributed by atoms with van der Waals surface area (Å²) in [7, 11) is 2.01. The molecule has 1 atom stereocenters. The van der Waals surface area contributed by atoms with Crippen molar-refractivity contribution in [1.29, 1.82) is 0 Å². The molecule has 0 aromatic carbocycles. The Bertz CT molecular complexity index is 356. The monoisotopic (exact) mass is 252 g/mol. The lowest BCUT2D eigenvalue weighted by molar-refractivity contribution is 0.443. The van der Waals surface area contributed by atoms with Crippen LogP contribution in [0.15, 0.2) is 17.4 Å². The van der Waals surface area contributed by atoms with E-state index in [9.17, 15) is 0 Å². The highest BCUT2D eigenvalue weighted by atomic mass is 32.2. The Morgan fingerprint density at radius 1 is 1.47 bits per heavy atom. The lowest BCUT2D eigenvalue weighted by Gasteiger charge is -2.36. The number of aromatic nitrogens is 2. The number of anilines is 1. The van der Waals surface area contributed by atoms with E-state index < -0.39 is 0 Å². The minimum Gasteiger partial charge on any atom is -0.352 e. The lowest BCUT2D eigenvalue weighted by Crippen LogP contribution is -2.45. The van der Waals surface area contributed by atoms with E-state index in [1.807, 2.05) is 13.3 Å². The zero-order chi connectivity index (χ0) is 12.1. The third-order valence-electron chi connectivity index (χ3n) is 3.20. The highest BCUT2D eigenvalue weighted by molar-refractivity contribution is 7.98. The number of hydrogen-bond acceptors (Lipinski definition) is 5. The molecule has 0 saturated carbocycles. The van der Waals surface area contributed by atoms with Gasteiger partial charge in [0.25, 0.3) is 0 Å². The third kappa shape index (κ3) is 3.10. The summed E-state index contributed by atoms with van der Waals surface area (Å²) in [6, 6.07) is 2.66. The average Bonchev–Trinajstić information content (AvgIpc) is 2.40. The molecule has 1 aromatic rings. The molecule has 1 saturated heterocycles. The summed E-state index contributed by atoms with van der Waals surface area (Å²) >= 11 is 1.67. The molecule has 4 nitrogen and oxygen atoms in total. The molecule has 2 heterocycles. The first-order chi connectivity index (χ1) is 8.35. The molecular formula is C12H20N4S. The first kappa shape index (κ1) is 12.6. The van der Waals surface area contributed by atoms with Gasteiger partial charge in [0, 0.05) is 25.2 Å². The van der Waals surface area contributed by atoms with Gasteiger partial charge in [-0.05, 0) is 32.6 Å². The highest BCUT2D eigenvalue weighted by Crippen LogP contribution is 2.24. The zero-order valence-corrected chi connectivity index (χ0v) is 11.3. The van der Waals surface area contributed by atoms with Crippen LogP contribution in [0, 0.1) is 0 Å². The Balaban J connectivity index is 2.16. The number of likely N-dealkylation sites (N-methyl/N-ethyl adjacent to an activating group) is 1. The first-order valence-electron chi connectivity index (χ1n) is 6.12. The summed E-state index contributed by atoms with van der Waals surface area (Å²) in [4.78, 5) is 11.1. The molecule has 1 aromatic heterocycles. The predicted octanol–water partition coefficient (Wildman–Crippen LogP) is 1.78. The van der Waals surface area contributed by atoms with E-state index in [1.165, 1.54) is 19.3 Å². The molecule has 1 N–H and O–H groups in total. The second kappa shape index (κ2) is 6.21. The second-order valence-electron chi connectivity index (χ2n) is 4.32. The van der Waals surface area contributed by atoms with Crippen molar-refractivity contribution >= 4 is 17.6 Å². The fraction of sp³-hybridized carbons (Fsp3) is 0.667. The van der Waals surface area contributed by atoms with Gasteiger partial charge in [-0.1, -0.05) is 0 Å². The van der Waals surface area contributed by atoms with Gasteiger partial charge in [0.1, 0.15) is 17.2 Å². The molecular weight excluding hydrogens is 232 g/mol. The van der Waals surface area contributed by atoms with Crippen molar-refractivity contribution in [3.8, 4) is 0 Å². The van der Waals surface area contributed by atoms with Gasteiger partial charge in [-0.3, -0.25) is 0 Å². The van der Waals surface area contributed by atoms with Gasteiger partial charge in [-0.25, -0.2) is 9.97 Å². The van der Waals surface area contributed by atoms with Crippen LogP contribution in [0.2, 0.25) is 0 Å². The maximum absolute atomic E-state index is 4.42. The van der Waals surface area contributed by atoms with Crippen molar-refractivity contribution in [3.05, 3.63) is 12.4 Å². The average molecular weight is 252 g/mol. The predicted molar refractivity (Wildman–Crippen MR) is 72.7 cm³/mol. The molecule has 0 bridgehead atoms. The van der Waals surface area contributed by atoms with E-state index in [0.717, 1.165) is 23.9 Å². The van der Waals surface area contributed by atoms with Gasteiger partial charge >= 0.3 is 0 Å². The van der Waals surface area contributed by atoms with E-state index in [1.54, 1.807) is 18.1 Å². The van der Waals surface area contributed by atoms with Crippen LogP contribution in [0.25, 0.3) is 0 Å². The summed E-state index contributed by atoms with van der Waals surface area (Å²) in [6.07, 6.45) is 7.56. The van der Waals surface area contributed by atoms with Crippen LogP contribution in [0.5, 0.6) is 0 Å². The molecule has 1 aliphatic heterocycles. The van der Waals surface area contributed by atoms with E-state index in [0.29, 0.717) is 6.04 Å². The first-order valence-corrected chi connectivity index (χ1v) is 7.35. The molecule has 0 aliphatic carbocycles. The van der Waals surface area contributed by atoms with Crippen molar-refractivity contribution in [2.75, 3.05) is 31.3 Å². The van der Waals surface area contributed by atoms with Crippen molar-refractivity contribution in [1.82, 2.24) is 15.3 Å². The van der Waals surface area contributed by atoms with Crippen LogP contribution < -0.4 is 10.2 Å². The Hall–Kier alpha value is -0.810. The van der Waals surface area contributed by atoms with Gasteiger partial charge in [-0.2, -0.15) is 0 Å². The van der Waals surface area contributed by atoms with E-state index in [-0.39, 0.29) is 0 Å². The Morgan fingerprint density at radius 2 is 2.35 bits per heavy atom. The summed E-state index contributed by atoms with van der Waals surface area (Å²) in [5, 5.41) is 4.32. The van der Waals surface area contributed by atoms with Crippen LogP contribution >= 0.6 is 11.8 Å². The zero-order valence-electron chi connectivity index (χ0n) is 10.5. The normalized spacial score (nSPS) is 20.6. The SMILES string of the molecule is CNCC1CCCCN1c1cc(SC)ncn1. The smallest absolute Gasteiger partial charge is 0.133 e. The summed E-state index contributed by atoms with van der Waals surface area (Å²) in [6.45, 7) is 2.13. The molecule has 1 fully saturated rings. The highest BCUT2D eigenvalue weighted by Gasteiger charge is 2.23. The van der Waals surface area contributed by atoms with Crippen molar-refractivity contribution < 1.29 is 0 Å². The number of hydrogen-bond donors (Lipinski definition) is 1. The van der Waals surface area contributed by atoms with Crippen LogP contribution in [-0.4, -0.2) is 42.4 Å². The number of rotatable bonds is 4. The largest absolute Gasteiger partial charge is 0.352 e. The van der Waals surface area contributed by atoms with Crippen molar-refractivity contribution in [2.45, 2.75) is 30.3 Å². The molecule has 2 rings (SSSR count). The van der Waals surface area contributed by atoms with Gasteiger partial charge in [0.2, 0.25) is 0 Å². The second-order valence-corrected chi connectivity index (χ2v) is 5.15. The standard InChI is InChI=1S/C12H20N4S/c1-13-8-10-5-3-4-6-16(10)11-7-12(17-2)15-9-14-11/h7,9-10,13H,3-6,8H2,1-2H3. The number of thioether (sulfide) groups is 1. The fourth-order valence-electron chi connectivity index (χ4n) is 2.35. The number of nitrogens with one attached hydrogen (secondary N) is 1. The molecule has 0 amide bonds. The molecule has 1 aliphatic rings. The molecule has 94 valence electrons. The maximum Gasteiger partial charge on any atom is 0.133 e. The molecule has 5 heteroatoms. The number of piperidine rings is 1. The molecule has 0 spiro atoms. The van der Waals surface area contributed by atoms with Gasteiger partial charge in [0.05, 0.1) is 0 Å². The quantitative estimate of drug-likeness (QED) is 0.653. The van der Waals surface area contributed by atoms with Crippen molar-refractivity contribution in [2.24, 2.45) is 0 Å². The Kier molecular flexibility index (Phi) is 4.62. The third-order valence-corrected chi connectivity index (χ3v) is 3.84. The summed E-state index contributed by atoms with van der Waals surface area (Å²) in [5.41, 5.74) is 0. The summed E-state index contributed by atoms with van der Waals surface area (Å²) in [5.74, 6) is 1.07. The minimum atomic E-state index is 0.568. The van der Waals surface area contributed by atoms with Crippen LogP contribution in [-0.2, 0) is 0 Å². The lowest BCUT2D eigenvalue weighted by atomic mass is 10.0. The molecule has 17 heavy (non-hydrogen) atoms. The Morgan fingerprint density at radius 3 is 3.12 bits per heavy atom. The Labute approximate surface area is 107 Å². The van der Waals surface area contributed by atoms with Crippen LogP contribution in [0.3, 0.4) is 0 Å². The molecule has 1 unspecified atom stereocenters. The van der Waals surface area contributed by atoms with E-state index >= 15 is 0 Å². The molecule has 0 radical (unpaired) electrons. The van der Waals surface area contributed by atoms with Gasteiger partial charge < -0.3 is 10.2 Å². The van der Waals surface area contributed by atoms with Crippen molar-refractivity contribution in [3.63, 3.8) is 0 Å². The summed E-state index contributed by atoms with van der Waals surface area (Å²) < 4.78 is 0. The number of nitrogens with zero attached hydrogens (tertiary/aromatic N) is 3. The fourth-order valence-corrected chi connectivity index (χ4v) is 2.72. The van der Waals surface area contributed by atoms with Crippen LogP contribution in [0.1, 0.15) is 19.3 Å². The minimum absolute atomic E-state index is 0.568. The van der Waals surface area contributed by atoms with Crippen LogP contribution in [0.4, 0.5) is 5.82 Å². The van der Waals surface area contributed by atoms with Gasteiger partial charge in [-0.15, -0.1) is 11.8 Å². The van der Waals surface area contributed by atoms with E-state index in [2.05, 4.69) is 26.3 Å². The van der Waals surface area contributed by atoms with E-state index in [4.69, 9.17) is 0 Å².